The lowest BCUT2D eigenvalue weighted by molar-refractivity contribution is -0.222. The molecule has 1 aliphatic rings. The highest BCUT2D eigenvalue weighted by Crippen LogP contribution is 2.25. The molecular weight excluding hydrogens is 416 g/mol. The second-order valence-electron chi connectivity index (χ2n) is 9.75. The monoisotopic (exact) mass is 464 g/mol. The molecule has 0 aliphatic carbocycles. The topological polar surface area (TPSA) is 72.8 Å². The van der Waals surface area contributed by atoms with Crippen LogP contribution in [0.15, 0.2) is 23.5 Å². The van der Waals surface area contributed by atoms with E-state index in [2.05, 4.69) is 19.1 Å². The fourth-order valence-corrected chi connectivity index (χ4v) is 4.08. The average molecular weight is 465 g/mol. The largest absolute Gasteiger partial charge is 0.511 e. The van der Waals surface area contributed by atoms with E-state index in [1.807, 2.05) is 0 Å². The van der Waals surface area contributed by atoms with Crippen molar-refractivity contribution in [2.45, 2.75) is 142 Å². The SMILES string of the molecule is CCCCCCCC/C=C\CCCCCCCCCCCC(O)=C1C(=O)OC(C)(C)OC1=O. The molecule has 33 heavy (non-hydrogen) atoms. The van der Waals surface area contributed by atoms with Crippen molar-refractivity contribution in [1.29, 1.82) is 0 Å². The molecular formula is C28H48O5. The fourth-order valence-electron chi connectivity index (χ4n) is 4.08. The van der Waals surface area contributed by atoms with Gasteiger partial charge in [0.1, 0.15) is 5.76 Å². The number of allylic oxidation sites excluding steroid dienone is 3. The molecule has 0 aromatic rings. The molecule has 5 heteroatoms. The van der Waals surface area contributed by atoms with Gasteiger partial charge in [0.25, 0.3) is 5.79 Å². The molecule has 0 radical (unpaired) electrons. The van der Waals surface area contributed by atoms with Gasteiger partial charge < -0.3 is 14.6 Å². The molecule has 0 bridgehead atoms. The Bertz CT molecular complexity index is 596. The van der Waals surface area contributed by atoms with E-state index in [9.17, 15) is 14.7 Å². The number of aliphatic hydroxyl groups excluding tert-OH is 1. The number of esters is 2. The van der Waals surface area contributed by atoms with Crippen molar-refractivity contribution < 1.29 is 24.2 Å². The summed E-state index contributed by atoms with van der Waals surface area (Å²) in [6, 6.07) is 0. The van der Waals surface area contributed by atoms with Crippen LogP contribution in [-0.2, 0) is 19.1 Å². The summed E-state index contributed by atoms with van der Waals surface area (Å²) in [5.74, 6) is -3.10. The third kappa shape index (κ3) is 14.2. The van der Waals surface area contributed by atoms with Crippen LogP contribution in [0, 0.1) is 0 Å². The number of unbranched alkanes of at least 4 members (excludes halogenated alkanes) is 15. The van der Waals surface area contributed by atoms with Gasteiger partial charge in [-0.2, -0.15) is 0 Å². The van der Waals surface area contributed by atoms with E-state index in [1.54, 1.807) is 0 Å². The molecule has 1 heterocycles. The normalized spacial score (nSPS) is 15.7. The van der Waals surface area contributed by atoms with Crippen LogP contribution in [0.2, 0.25) is 0 Å². The Morgan fingerprint density at radius 1 is 0.697 bits per heavy atom. The number of rotatable bonds is 19. The summed E-state index contributed by atoms with van der Waals surface area (Å²) >= 11 is 0. The highest BCUT2D eigenvalue weighted by molar-refractivity contribution is 6.15. The number of carbonyl (C=O) groups is 2. The Hall–Kier alpha value is -1.78. The maximum Gasteiger partial charge on any atom is 0.352 e. The van der Waals surface area contributed by atoms with Crippen molar-refractivity contribution >= 4 is 11.9 Å². The summed E-state index contributed by atoms with van der Waals surface area (Å²) in [6.07, 6.45) is 26.2. The van der Waals surface area contributed by atoms with Crippen LogP contribution in [0.5, 0.6) is 0 Å². The van der Waals surface area contributed by atoms with Gasteiger partial charge in [-0.1, -0.05) is 96.1 Å². The highest BCUT2D eigenvalue weighted by atomic mass is 16.7. The molecule has 0 aromatic carbocycles. The van der Waals surface area contributed by atoms with Crippen molar-refractivity contribution in [3.05, 3.63) is 23.5 Å². The Kier molecular flexibility index (Phi) is 15.7. The first kappa shape index (κ1) is 29.3. The molecule has 1 rings (SSSR count). The lowest BCUT2D eigenvalue weighted by Gasteiger charge is -2.30. The molecule has 0 amide bonds. The predicted molar refractivity (Wildman–Crippen MR) is 134 cm³/mol. The molecule has 0 atom stereocenters. The second-order valence-corrected chi connectivity index (χ2v) is 9.75. The maximum atomic E-state index is 11.9. The predicted octanol–water partition coefficient (Wildman–Crippen LogP) is 8.23. The summed E-state index contributed by atoms with van der Waals surface area (Å²) < 4.78 is 10.0. The van der Waals surface area contributed by atoms with Crippen LogP contribution in [0.1, 0.15) is 136 Å². The molecule has 0 spiro atoms. The van der Waals surface area contributed by atoms with Gasteiger partial charge in [-0.3, -0.25) is 0 Å². The smallest absolute Gasteiger partial charge is 0.352 e. The zero-order valence-corrected chi connectivity index (χ0v) is 21.5. The van der Waals surface area contributed by atoms with E-state index in [0.717, 1.165) is 19.3 Å². The van der Waals surface area contributed by atoms with Gasteiger partial charge in [0, 0.05) is 20.3 Å². The third-order valence-corrected chi connectivity index (χ3v) is 6.05. The number of cyclic esters (lactones) is 2. The van der Waals surface area contributed by atoms with Crippen LogP contribution in [0.3, 0.4) is 0 Å². The molecule has 0 unspecified atom stereocenters. The first-order valence-corrected chi connectivity index (χ1v) is 13.4. The minimum Gasteiger partial charge on any atom is -0.511 e. The number of hydrogen-bond donors (Lipinski definition) is 1. The Morgan fingerprint density at radius 2 is 1.09 bits per heavy atom. The highest BCUT2D eigenvalue weighted by Gasteiger charge is 2.40. The number of aliphatic hydroxyl groups is 1. The summed E-state index contributed by atoms with van der Waals surface area (Å²) in [6.45, 7) is 5.25. The first-order valence-electron chi connectivity index (χ1n) is 13.4. The molecule has 5 nitrogen and oxygen atoms in total. The van der Waals surface area contributed by atoms with Crippen LogP contribution in [-0.4, -0.2) is 22.8 Å². The summed E-state index contributed by atoms with van der Waals surface area (Å²) in [5, 5.41) is 10.1. The van der Waals surface area contributed by atoms with Crippen molar-refractivity contribution in [2.24, 2.45) is 0 Å². The zero-order valence-electron chi connectivity index (χ0n) is 21.5. The van der Waals surface area contributed by atoms with Gasteiger partial charge in [-0.25, -0.2) is 9.59 Å². The Morgan fingerprint density at radius 3 is 1.55 bits per heavy atom. The van der Waals surface area contributed by atoms with Gasteiger partial charge in [-0.05, 0) is 32.1 Å². The molecule has 0 saturated carbocycles. The van der Waals surface area contributed by atoms with Crippen molar-refractivity contribution in [1.82, 2.24) is 0 Å². The lowest BCUT2D eigenvalue weighted by atomic mass is 10.0. The lowest BCUT2D eigenvalue weighted by Crippen LogP contribution is -2.42. The van der Waals surface area contributed by atoms with Gasteiger partial charge in [-0.15, -0.1) is 0 Å². The molecule has 1 fully saturated rings. The number of hydrogen-bond acceptors (Lipinski definition) is 5. The first-order chi connectivity index (χ1) is 15.9. The quantitative estimate of drug-likeness (QED) is 0.0520. The number of ether oxygens (including phenoxy) is 2. The summed E-state index contributed by atoms with van der Waals surface area (Å²) in [7, 11) is 0. The van der Waals surface area contributed by atoms with Gasteiger partial charge in [0.05, 0.1) is 0 Å². The average Bonchev–Trinajstić information content (AvgIpc) is 2.74. The van der Waals surface area contributed by atoms with Gasteiger partial charge in [0.15, 0.2) is 5.57 Å². The van der Waals surface area contributed by atoms with Crippen LogP contribution >= 0.6 is 0 Å². The van der Waals surface area contributed by atoms with Crippen LogP contribution in [0.25, 0.3) is 0 Å². The molecule has 1 aliphatic heterocycles. The van der Waals surface area contributed by atoms with E-state index in [0.29, 0.717) is 6.42 Å². The standard InChI is InChI=1S/C28H48O5/c1-4-5-6-7-8-9-10-11-12-13-14-15-16-17-18-19-20-21-22-23-24(29)25-26(30)32-28(2,3)33-27(25)31/h11-12,29H,4-10,13-23H2,1-3H3/b12-11-. The van der Waals surface area contributed by atoms with Gasteiger partial charge >= 0.3 is 11.9 Å². The van der Waals surface area contributed by atoms with E-state index in [1.165, 1.54) is 104 Å². The minimum absolute atomic E-state index is 0.221. The molecule has 0 aromatic heterocycles. The molecule has 1 saturated heterocycles. The van der Waals surface area contributed by atoms with Crippen molar-refractivity contribution in [3.8, 4) is 0 Å². The van der Waals surface area contributed by atoms with E-state index in [4.69, 9.17) is 9.47 Å². The summed E-state index contributed by atoms with van der Waals surface area (Å²) in [4.78, 5) is 23.8. The fraction of sp³-hybridized carbons (Fsp3) is 0.786. The zero-order chi connectivity index (χ0) is 24.4. The Labute approximate surface area is 202 Å². The van der Waals surface area contributed by atoms with Crippen LogP contribution in [0.4, 0.5) is 0 Å². The second kappa shape index (κ2) is 17.7. The number of carbonyl (C=O) groups excluding carboxylic acids is 2. The molecule has 190 valence electrons. The third-order valence-electron chi connectivity index (χ3n) is 6.05. The molecule has 1 N–H and O–H groups in total. The Balaban J connectivity index is 1.93. The van der Waals surface area contributed by atoms with Crippen molar-refractivity contribution in [3.63, 3.8) is 0 Å². The summed E-state index contributed by atoms with van der Waals surface area (Å²) in [5.41, 5.74) is -0.355. The minimum atomic E-state index is -1.28. The van der Waals surface area contributed by atoms with Crippen LogP contribution < -0.4 is 0 Å². The van der Waals surface area contributed by atoms with E-state index >= 15 is 0 Å². The maximum absolute atomic E-state index is 11.9. The van der Waals surface area contributed by atoms with E-state index in [-0.39, 0.29) is 11.3 Å². The van der Waals surface area contributed by atoms with Crippen molar-refractivity contribution in [2.75, 3.05) is 0 Å². The van der Waals surface area contributed by atoms with Gasteiger partial charge in [0.2, 0.25) is 0 Å². The van der Waals surface area contributed by atoms with E-state index < -0.39 is 17.7 Å².